The van der Waals surface area contributed by atoms with Gasteiger partial charge >= 0.3 is 0 Å². The van der Waals surface area contributed by atoms with Gasteiger partial charge in [0.1, 0.15) is 5.82 Å². The highest BCUT2D eigenvalue weighted by molar-refractivity contribution is 5.82. The quantitative estimate of drug-likeness (QED) is 0.572. The van der Waals surface area contributed by atoms with Gasteiger partial charge in [0.2, 0.25) is 0 Å². The summed E-state index contributed by atoms with van der Waals surface area (Å²) in [4.78, 5) is 4.67. The van der Waals surface area contributed by atoms with Crippen molar-refractivity contribution in [3.05, 3.63) is 77.2 Å². The van der Waals surface area contributed by atoms with Crippen molar-refractivity contribution in [1.82, 2.24) is 10.4 Å². The Bertz CT molecular complexity index is 769. The van der Waals surface area contributed by atoms with E-state index in [0.717, 1.165) is 27.7 Å². The lowest BCUT2D eigenvalue weighted by atomic mass is 10.0. The van der Waals surface area contributed by atoms with Gasteiger partial charge in [0.05, 0.1) is 17.3 Å². The molecule has 1 unspecified atom stereocenters. The molecule has 0 spiro atoms. The van der Waals surface area contributed by atoms with E-state index in [-0.39, 0.29) is 11.9 Å². The van der Waals surface area contributed by atoms with Gasteiger partial charge in [-0.1, -0.05) is 30.3 Å². The van der Waals surface area contributed by atoms with Gasteiger partial charge in [-0.05, 0) is 42.3 Å². The van der Waals surface area contributed by atoms with Crippen molar-refractivity contribution in [2.45, 2.75) is 13.0 Å². The molecule has 0 fully saturated rings. The van der Waals surface area contributed by atoms with E-state index in [1.165, 1.54) is 12.1 Å². The fourth-order valence-corrected chi connectivity index (χ4v) is 2.53. The predicted octanol–water partition coefficient (Wildman–Crippen LogP) is 3.24. The van der Waals surface area contributed by atoms with Crippen LogP contribution < -0.4 is 11.3 Å². The summed E-state index contributed by atoms with van der Waals surface area (Å²) in [6.45, 7) is 2.05. The largest absolute Gasteiger partial charge is 0.271 e. The maximum absolute atomic E-state index is 13.1. The smallest absolute Gasteiger partial charge is 0.123 e. The summed E-state index contributed by atoms with van der Waals surface area (Å²) in [5, 5.41) is 1.12. The molecule has 0 aliphatic heterocycles. The minimum atomic E-state index is -0.270. The fourth-order valence-electron chi connectivity index (χ4n) is 2.53. The van der Waals surface area contributed by atoms with Gasteiger partial charge in [-0.15, -0.1) is 0 Å². The van der Waals surface area contributed by atoms with E-state index >= 15 is 0 Å². The normalized spacial score (nSPS) is 12.5. The second kappa shape index (κ2) is 5.60. The number of pyridine rings is 1. The number of nitrogens with one attached hydrogen (secondary N) is 1. The summed E-state index contributed by atoms with van der Waals surface area (Å²) in [6.07, 6.45) is 0. The summed E-state index contributed by atoms with van der Waals surface area (Å²) in [5.41, 5.74) is 6.52. The Morgan fingerprint density at radius 1 is 1.10 bits per heavy atom. The Morgan fingerprint density at radius 2 is 1.81 bits per heavy atom. The predicted molar refractivity (Wildman–Crippen MR) is 82.0 cm³/mol. The van der Waals surface area contributed by atoms with Crippen molar-refractivity contribution in [2.75, 3.05) is 0 Å². The van der Waals surface area contributed by atoms with E-state index in [2.05, 4.69) is 10.4 Å². The standard InChI is InChI=1S/C17H16FN3/c1-11-10-16(20-15-5-3-2-4-14(11)15)17(21-19)12-6-8-13(18)9-7-12/h2-10,17,21H,19H2,1H3. The van der Waals surface area contributed by atoms with Crippen LogP contribution in [0.5, 0.6) is 0 Å². The topological polar surface area (TPSA) is 50.9 Å². The van der Waals surface area contributed by atoms with E-state index in [1.54, 1.807) is 12.1 Å². The minimum Gasteiger partial charge on any atom is -0.271 e. The third-order valence-electron chi connectivity index (χ3n) is 3.61. The Morgan fingerprint density at radius 3 is 2.52 bits per heavy atom. The molecule has 0 saturated heterocycles. The number of halogens is 1. The van der Waals surface area contributed by atoms with Gasteiger partial charge in [0.15, 0.2) is 0 Å². The molecule has 1 aromatic heterocycles. The molecule has 0 amide bonds. The lowest BCUT2D eigenvalue weighted by molar-refractivity contribution is 0.609. The number of nitrogens with two attached hydrogens (primary N) is 1. The number of hydrogen-bond acceptors (Lipinski definition) is 3. The van der Waals surface area contributed by atoms with Crippen LogP contribution in [0.2, 0.25) is 0 Å². The maximum Gasteiger partial charge on any atom is 0.123 e. The Labute approximate surface area is 122 Å². The zero-order valence-electron chi connectivity index (χ0n) is 11.7. The van der Waals surface area contributed by atoms with Crippen LogP contribution in [0.15, 0.2) is 54.6 Å². The Hall–Kier alpha value is -2.30. The number of aromatic nitrogens is 1. The lowest BCUT2D eigenvalue weighted by Gasteiger charge is -2.17. The van der Waals surface area contributed by atoms with Gasteiger partial charge in [0.25, 0.3) is 0 Å². The van der Waals surface area contributed by atoms with Crippen LogP contribution in [0.1, 0.15) is 22.9 Å². The number of fused-ring (bicyclic) bond motifs is 1. The molecule has 0 aliphatic rings. The van der Waals surface area contributed by atoms with Crippen molar-refractivity contribution < 1.29 is 4.39 Å². The average molecular weight is 281 g/mol. The van der Waals surface area contributed by atoms with Gasteiger partial charge in [-0.3, -0.25) is 10.8 Å². The van der Waals surface area contributed by atoms with Crippen LogP contribution in [0.25, 0.3) is 10.9 Å². The van der Waals surface area contributed by atoms with Crippen molar-refractivity contribution in [3.63, 3.8) is 0 Å². The summed E-state index contributed by atoms with van der Waals surface area (Å²) >= 11 is 0. The zero-order valence-corrected chi connectivity index (χ0v) is 11.7. The molecule has 0 aliphatic carbocycles. The Kier molecular flexibility index (Phi) is 3.64. The van der Waals surface area contributed by atoms with Crippen LogP contribution in [-0.4, -0.2) is 4.98 Å². The molecule has 106 valence electrons. The van der Waals surface area contributed by atoms with Crippen molar-refractivity contribution in [3.8, 4) is 0 Å². The molecule has 2 aromatic carbocycles. The number of hydrogen-bond donors (Lipinski definition) is 2. The first-order valence-electron chi connectivity index (χ1n) is 6.77. The highest BCUT2D eigenvalue weighted by Crippen LogP contribution is 2.25. The highest BCUT2D eigenvalue weighted by atomic mass is 19.1. The van der Waals surface area contributed by atoms with E-state index in [0.29, 0.717) is 0 Å². The molecule has 21 heavy (non-hydrogen) atoms. The zero-order chi connectivity index (χ0) is 14.8. The van der Waals surface area contributed by atoms with E-state index < -0.39 is 0 Å². The first-order valence-corrected chi connectivity index (χ1v) is 6.77. The average Bonchev–Trinajstić information content (AvgIpc) is 2.50. The molecule has 0 saturated carbocycles. The first-order chi connectivity index (χ1) is 10.2. The van der Waals surface area contributed by atoms with Crippen molar-refractivity contribution >= 4 is 10.9 Å². The van der Waals surface area contributed by atoms with Gasteiger partial charge < -0.3 is 0 Å². The number of nitrogens with zero attached hydrogens (tertiary/aromatic N) is 1. The number of rotatable bonds is 3. The molecular weight excluding hydrogens is 265 g/mol. The molecule has 1 atom stereocenters. The minimum absolute atomic E-state index is 0.267. The molecule has 3 N–H and O–H groups in total. The third-order valence-corrected chi connectivity index (χ3v) is 3.61. The third kappa shape index (κ3) is 2.63. The van der Waals surface area contributed by atoms with Crippen LogP contribution in [0, 0.1) is 12.7 Å². The maximum atomic E-state index is 13.1. The molecule has 3 nitrogen and oxygen atoms in total. The number of aryl methyl sites for hydroxylation is 1. The van der Waals surface area contributed by atoms with Crippen molar-refractivity contribution in [1.29, 1.82) is 0 Å². The van der Waals surface area contributed by atoms with E-state index in [9.17, 15) is 4.39 Å². The molecule has 0 radical (unpaired) electrons. The molecule has 3 aromatic rings. The molecule has 0 bridgehead atoms. The second-order valence-corrected chi connectivity index (χ2v) is 5.03. The molecule has 1 heterocycles. The SMILES string of the molecule is Cc1cc(C(NN)c2ccc(F)cc2)nc2ccccc12. The monoisotopic (exact) mass is 281 g/mol. The Balaban J connectivity index is 2.10. The van der Waals surface area contributed by atoms with Gasteiger partial charge in [0, 0.05) is 5.39 Å². The summed E-state index contributed by atoms with van der Waals surface area (Å²) < 4.78 is 13.1. The first kappa shape index (κ1) is 13.7. The lowest BCUT2D eigenvalue weighted by Crippen LogP contribution is -2.29. The van der Waals surface area contributed by atoms with Crippen LogP contribution in [0.4, 0.5) is 4.39 Å². The van der Waals surface area contributed by atoms with Crippen LogP contribution in [-0.2, 0) is 0 Å². The fraction of sp³-hybridized carbons (Fsp3) is 0.118. The van der Waals surface area contributed by atoms with Gasteiger partial charge in [-0.2, -0.15) is 0 Å². The second-order valence-electron chi connectivity index (χ2n) is 5.03. The molecule has 3 rings (SSSR count). The highest BCUT2D eigenvalue weighted by Gasteiger charge is 2.15. The van der Waals surface area contributed by atoms with Crippen LogP contribution >= 0.6 is 0 Å². The number of para-hydroxylation sites is 1. The molecular formula is C17H16FN3. The number of hydrazine groups is 1. The van der Waals surface area contributed by atoms with E-state index in [1.807, 2.05) is 37.3 Å². The van der Waals surface area contributed by atoms with Crippen LogP contribution in [0.3, 0.4) is 0 Å². The molecule has 4 heteroatoms. The van der Waals surface area contributed by atoms with Crippen molar-refractivity contribution in [2.24, 2.45) is 5.84 Å². The summed E-state index contributed by atoms with van der Waals surface area (Å²) in [5.74, 6) is 5.42. The van der Waals surface area contributed by atoms with E-state index in [4.69, 9.17) is 5.84 Å². The summed E-state index contributed by atoms with van der Waals surface area (Å²) in [7, 11) is 0. The van der Waals surface area contributed by atoms with Gasteiger partial charge in [-0.25, -0.2) is 9.82 Å². The summed E-state index contributed by atoms with van der Waals surface area (Å²) in [6, 6.07) is 16.0. The number of benzene rings is 2.